The predicted octanol–water partition coefficient (Wildman–Crippen LogP) is 5.88. The summed E-state index contributed by atoms with van der Waals surface area (Å²) in [7, 11) is 0. The maximum absolute atomic E-state index is 14.0. The molecule has 1 aromatic heterocycles. The van der Waals surface area contributed by atoms with Crippen LogP contribution >= 0.6 is 11.6 Å². The molecule has 0 bridgehead atoms. The number of alkyl halides is 3. The summed E-state index contributed by atoms with van der Waals surface area (Å²) in [6.45, 7) is 6.68. The van der Waals surface area contributed by atoms with Crippen molar-refractivity contribution in [1.82, 2.24) is 19.4 Å². The minimum atomic E-state index is -4.64. The number of hydrogen-bond donors (Lipinski definition) is 0. The fourth-order valence-electron chi connectivity index (χ4n) is 5.15. The molecule has 1 aliphatic heterocycles. The summed E-state index contributed by atoms with van der Waals surface area (Å²) in [5.74, 6) is 0.787. The molecule has 0 unspecified atom stereocenters. The molecular weight excluding hydrogens is 597 g/mol. The van der Waals surface area contributed by atoms with Gasteiger partial charge in [-0.25, -0.2) is 4.98 Å². The van der Waals surface area contributed by atoms with Crippen LogP contribution in [0.4, 0.5) is 13.2 Å². The minimum absolute atomic E-state index is 0.0129. The van der Waals surface area contributed by atoms with Gasteiger partial charge < -0.3 is 14.4 Å². The second-order valence-electron chi connectivity index (χ2n) is 10.9. The van der Waals surface area contributed by atoms with Crippen LogP contribution in [0, 0.1) is 6.92 Å². The number of amides is 1. The molecule has 5 rings (SSSR count). The molecule has 8 nitrogen and oxygen atoms in total. The van der Waals surface area contributed by atoms with Crippen LogP contribution in [0.5, 0.6) is 11.5 Å². The Morgan fingerprint density at radius 1 is 1.02 bits per heavy atom. The number of piperazine rings is 1. The van der Waals surface area contributed by atoms with Gasteiger partial charge in [0, 0.05) is 31.2 Å². The number of carbonyl (C=O) groups excluding carboxylic acids is 1. The average Bonchev–Trinajstić information content (AvgIpc) is 2.97. The van der Waals surface area contributed by atoms with Gasteiger partial charge in [0.25, 0.3) is 11.5 Å². The Bertz CT molecular complexity index is 1720. The van der Waals surface area contributed by atoms with Crippen LogP contribution in [0.15, 0.2) is 65.5 Å². The number of halogens is 4. The Morgan fingerprint density at radius 2 is 1.70 bits per heavy atom. The van der Waals surface area contributed by atoms with Crippen molar-refractivity contribution in [3.8, 4) is 17.2 Å². The van der Waals surface area contributed by atoms with Gasteiger partial charge in [0.05, 0.1) is 34.8 Å². The van der Waals surface area contributed by atoms with Crippen molar-refractivity contribution < 1.29 is 27.4 Å². The summed E-state index contributed by atoms with van der Waals surface area (Å²) >= 11 is 5.90. The van der Waals surface area contributed by atoms with E-state index in [2.05, 4.69) is 0 Å². The van der Waals surface area contributed by atoms with Crippen molar-refractivity contribution >= 4 is 28.4 Å². The Hall–Kier alpha value is -4.09. The first-order valence-corrected chi connectivity index (χ1v) is 14.6. The van der Waals surface area contributed by atoms with Crippen molar-refractivity contribution in [2.24, 2.45) is 0 Å². The van der Waals surface area contributed by atoms with Crippen LogP contribution in [-0.4, -0.2) is 64.1 Å². The lowest BCUT2D eigenvalue weighted by molar-refractivity contribution is -0.138. The first-order chi connectivity index (χ1) is 20.9. The Balaban J connectivity index is 1.43. The van der Waals surface area contributed by atoms with Gasteiger partial charge in [-0.2, -0.15) is 13.2 Å². The predicted molar refractivity (Wildman–Crippen MR) is 162 cm³/mol. The van der Waals surface area contributed by atoms with E-state index < -0.39 is 17.3 Å². The molecule has 3 aromatic carbocycles. The summed E-state index contributed by atoms with van der Waals surface area (Å²) in [5.41, 5.74) is -0.956. The van der Waals surface area contributed by atoms with Gasteiger partial charge in [-0.05, 0) is 74.9 Å². The van der Waals surface area contributed by atoms with E-state index in [0.717, 1.165) is 6.07 Å². The van der Waals surface area contributed by atoms with E-state index in [-0.39, 0.29) is 53.4 Å². The van der Waals surface area contributed by atoms with Crippen molar-refractivity contribution in [3.63, 3.8) is 0 Å². The van der Waals surface area contributed by atoms with Gasteiger partial charge in [0.1, 0.15) is 17.3 Å². The average molecular weight is 629 g/mol. The molecule has 0 saturated carbocycles. The zero-order valence-corrected chi connectivity index (χ0v) is 25.3. The molecule has 0 aliphatic carbocycles. The third-order valence-electron chi connectivity index (χ3n) is 7.33. The zero-order chi connectivity index (χ0) is 31.6. The molecule has 0 radical (unpaired) electrons. The van der Waals surface area contributed by atoms with Crippen molar-refractivity contribution in [2.75, 3.05) is 32.8 Å². The first kappa shape index (κ1) is 31.3. The lowest BCUT2D eigenvalue weighted by Crippen LogP contribution is -2.50. The highest BCUT2D eigenvalue weighted by Crippen LogP contribution is 2.37. The number of ether oxygens (including phenoxy) is 2. The number of aromatic nitrogens is 2. The van der Waals surface area contributed by atoms with Crippen LogP contribution < -0.4 is 15.0 Å². The van der Waals surface area contributed by atoms with Crippen LogP contribution in [-0.2, 0) is 17.5 Å². The molecule has 1 saturated heterocycles. The lowest BCUT2D eigenvalue weighted by Gasteiger charge is -2.34. The maximum Gasteiger partial charge on any atom is 0.416 e. The molecule has 1 aliphatic rings. The van der Waals surface area contributed by atoms with Gasteiger partial charge >= 0.3 is 6.18 Å². The molecule has 1 amide bonds. The topological polar surface area (TPSA) is 76.9 Å². The SMILES string of the molecule is Cc1cc(OC(C)C)c(-n2c(CN3CCN(C(=O)COc4ccc(Cl)cc4)CC3)nc3ccccc3c2=O)cc1C(F)(F)F. The van der Waals surface area contributed by atoms with Crippen LogP contribution in [0.2, 0.25) is 5.02 Å². The standard InChI is InChI=1S/C32H32ClF3N4O4/c1-20(2)44-28-16-21(3)25(32(34,35)36)17-27(28)40-29(37-26-7-5-4-6-24(26)31(40)42)18-38-12-14-39(15-13-38)30(41)19-43-23-10-8-22(33)9-11-23/h4-11,16-17,20H,12-15,18-19H2,1-3H3. The molecular formula is C32H32ClF3N4O4. The summed E-state index contributed by atoms with van der Waals surface area (Å²) in [4.78, 5) is 35.2. The highest BCUT2D eigenvalue weighted by atomic mass is 35.5. The third-order valence-corrected chi connectivity index (χ3v) is 7.58. The van der Waals surface area contributed by atoms with E-state index in [0.29, 0.717) is 42.5 Å². The van der Waals surface area contributed by atoms with Crippen molar-refractivity contribution in [3.05, 3.63) is 93.0 Å². The number of para-hydroxylation sites is 1. The van der Waals surface area contributed by atoms with E-state index in [1.165, 1.54) is 17.6 Å². The summed E-state index contributed by atoms with van der Waals surface area (Å²) in [6.07, 6.45) is -4.99. The largest absolute Gasteiger partial charge is 0.489 e. The zero-order valence-electron chi connectivity index (χ0n) is 24.5. The van der Waals surface area contributed by atoms with E-state index in [9.17, 15) is 22.8 Å². The van der Waals surface area contributed by atoms with Gasteiger partial charge in [-0.15, -0.1) is 0 Å². The van der Waals surface area contributed by atoms with Crippen LogP contribution in [0.25, 0.3) is 16.6 Å². The van der Waals surface area contributed by atoms with Crippen LogP contribution in [0.1, 0.15) is 30.8 Å². The third kappa shape index (κ3) is 7.00. The van der Waals surface area contributed by atoms with E-state index >= 15 is 0 Å². The molecule has 44 heavy (non-hydrogen) atoms. The summed E-state index contributed by atoms with van der Waals surface area (Å²) in [6, 6.07) is 15.8. The summed E-state index contributed by atoms with van der Waals surface area (Å²) in [5, 5.41) is 0.843. The lowest BCUT2D eigenvalue weighted by atomic mass is 10.1. The quantitative estimate of drug-likeness (QED) is 0.243. The van der Waals surface area contributed by atoms with E-state index in [1.807, 2.05) is 4.90 Å². The second kappa shape index (κ2) is 12.9. The molecule has 4 aromatic rings. The number of aryl methyl sites for hydroxylation is 1. The van der Waals surface area contributed by atoms with E-state index in [4.69, 9.17) is 26.1 Å². The number of rotatable bonds is 8. The Kier molecular flexibility index (Phi) is 9.17. The smallest absolute Gasteiger partial charge is 0.416 e. The molecule has 12 heteroatoms. The molecule has 0 N–H and O–H groups in total. The number of benzene rings is 3. The number of fused-ring (bicyclic) bond motifs is 1. The van der Waals surface area contributed by atoms with Gasteiger partial charge in [0.2, 0.25) is 0 Å². The molecule has 2 heterocycles. The second-order valence-corrected chi connectivity index (χ2v) is 11.3. The maximum atomic E-state index is 14.0. The van der Waals surface area contributed by atoms with Crippen LogP contribution in [0.3, 0.4) is 0 Å². The fraction of sp³-hybridized carbons (Fsp3) is 0.344. The number of hydrogen-bond acceptors (Lipinski definition) is 6. The van der Waals surface area contributed by atoms with Gasteiger partial charge in [-0.1, -0.05) is 23.7 Å². The van der Waals surface area contributed by atoms with Crippen molar-refractivity contribution in [2.45, 2.75) is 39.6 Å². The highest BCUT2D eigenvalue weighted by Gasteiger charge is 2.34. The number of nitrogens with zero attached hydrogens (tertiary/aromatic N) is 4. The number of carbonyl (C=O) groups is 1. The Labute approximate surface area is 257 Å². The van der Waals surface area contributed by atoms with Gasteiger partial charge in [-0.3, -0.25) is 19.1 Å². The Morgan fingerprint density at radius 3 is 2.36 bits per heavy atom. The fourth-order valence-corrected chi connectivity index (χ4v) is 5.28. The molecule has 0 spiro atoms. The van der Waals surface area contributed by atoms with Crippen molar-refractivity contribution in [1.29, 1.82) is 0 Å². The molecule has 0 atom stereocenters. The summed E-state index contributed by atoms with van der Waals surface area (Å²) < 4.78 is 54.9. The normalized spacial score (nSPS) is 14.3. The van der Waals surface area contributed by atoms with E-state index in [1.54, 1.807) is 67.3 Å². The monoisotopic (exact) mass is 628 g/mol. The molecule has 232 valence electrons. The van der Waals surface area contributed by atoms with Gasteiger partial charge in [0.15, 0.2) is 6.61 Å². The first-order valence-electron chi connectivity index (χ1n) is 14.2. The minimum Gasteiger partial charge on any atom is -0.489 e. The highest BCUT2D eigenvalue weighted by molar-refractivity contribution is 6.30. The molecule has 1 fully saturated rings.